The van der Waals surface area contributed by atoms with Gasteiger partial charge in [-0.25, -0.2) is 0 Å². The van der Waals surface area contributed by atoms with Gasteiger partial charge in [0.1, 0.15) is 12.4 Å². The number of hydrogen-bond donors (Lipinski definition) is 0. The van der Waals surface area contributed by atoms with Gasteiger partial charge >= 0.3 is 0 Å². The molecule has 1 heterocycles. The fourth-order valence-electron chi connectivity index (χ4n) is 1.83. The van der Waals surface area contributed by atoms with Crippen LogP contribution in [-0.4, -0.2) is 16.1 Å². The first kappa shape index (κ1) is 15.1. The molecule has 2 aromatic rings. The smallest absolute Gasteiger partial charge is 0.151 e. The molecule has 0 aliphatic rings. The van der Waals surface area contributed by atoms with E-state index in [1.54, 1.807) is 22.9 Å². The SMILES string of the molecule is CCc1nn(C)c(COc2ccc(Br)c(C=O)c2)c1Cl. The van der Waals surface area contributed by atoms with Crippen LogP contribution in [-0.2, 0) is 20.1 Å². The van der Waals surface area contributed by atoms with Crippen LogP contribution in [0.3, 0.4) is 0 Å². The van der Waals surface area contributed by atoms with Gasteiger partial charge in [-0.3, -0.25) is 9.48 Å². The van der Waals surface area contributed by atoms with Crippen molar-refractivity contribution in [2.75, 3.05) is 0 Å². The number of aromatic nitrogens is 2. The number of carbonyl (C=O) groups is 1. The van der Waals surface area contributed by atoms with Crippen molar-refractivity contribution >= 4 is 33.8 Å². The summed E-state index contributed by atoms with van der Waals surface area (Å²) in [6.07, 6.45) is 1.56. The van der Waals surface area contributed by atoms with Crippen LogP contribution in [0.2, 0.25) is 5.02 Å². The fraction of sp³-hybridized carbons (Fsp3) is 0.286. The predicted octanol–water partition coefficient (Wildman–Crippen LogP) is 3.79. The van der Waals surface area contributed by atoms with Crippen LogP contribution >= 0.6 is 27.5 Å². The summed E-state index contributed by atoms with van der Waals surface area (Å²) in [6.45, 7) is 2.31. The Kier molecular flexibility index (Phi) is 4.83. The van der Waals surface area contributed by atoms with E-state index in [2.05, 4.69) is 21.0 Å². The van der Waals surface area contributed by atoms with Crippen LogP contribution in [0.1, 0.15) is 28.7 Å². The van der Waals surface area contributed by atoms with E-state index in [1.165, 1.54) is 0 Å². The lowest BCUT2D eigenvalue weighted by Crippen LogP contribution is -2.03. The molecule has 1 aromatic carbocycles. The van der Waals surface area contributed by atoms with Crippen LogP contribution < -0.4 is 4.74 Å². The zero-order valence-corrected chi connectivity index (χ0v) is 13.5. The highest BCUT2D eigenvalue weighted by atomic mass is 79.9. The molecule has 0 bridgehead atoms. The third kappa shape index (κ3) is 3.04. The normalized spacial score (nSPS) is 10.6. The number of aryl methyl sites for hydroxylation is 2. The number of halogens is 2. The number of hydrogen-bond acceptors (Lipinski definition) is 3. The van der Waals surface area contributed by atoms with E-state index in [9.17, 15) is 4.79 Å². The van der Waals surface area contributed by atoms with Crippen LogP contribution in [0.25, 0.3) is 0 Å². The Morgan fingerprint density at radius 2 is 2.25 bits per heavy atom. The summed E-state index contributed by atoms with van der Waals surface area (Å²) in [5.74, 6) is 0.616. The Labute approximate surface area is 130 Å². The highest BCUT2D eigenvalue weighted by Crippen LogP contribution is 2.25. The molecule has 2 rings (SSSR count). The lowest BCUT2D eigenvalue weighted by molar-refractivity contribution is 0.112. The maximum Gasteiger partial charge on any atom is 0.151 e. The number of rotatable bonds is 5. The standard InChI is InChI=1S/C14H14BrClN2O2/c1-3-12-14(16)13(18(2)17-12)8-20-10-4-5-11(15)9(6-10)7-19/h4-7H,3,8H2,1-2H3. The molecule has 0 fully saturated rings. The van der Waals surface area contributed by atoms with Gasteiger partial charge < -0.3 is 4.74 Å². The number of carbonyl (C=O) groups excluding carboxylic acids is 1. The largest absolute Gasteiger partial charge is 0.487 e. The van der Waals surface area contributed by atoms with Crippen molar-refractivity contribution in [2.45, 2.75) is 20.0 Å². The van der Waals surface area contributed by atoms with E-state index < -0.39 is 0 Å². The quantitative estimate of drug-likeness (QED) is 0.765. The van der Waals surface area contributed by atoms with Gasteiger partial charge in [0.2, 0.25) is 0 Å². The van der Waals surface area contributed by atoms with Gasteiger partial charge in [0, 0.05) is 17.1 Å². The zero-order chi connectivity index (χ0) is 14.7. The summed E-state index contributed by atoms with van der Waals surface area (Å²) in [4.78, 5) is 10.9. The monoisotopic (exact) mass is 356 g/mol. The molecule has 6 heteroatoms. The maximum atomic E-state index is 10.9. The summed E-state index contributed by atoms with van der Waals surface area (Å²) in [5, 5.41) is 4.97. The van der Waals surface area contributed by atoms with Crippen LogP contribution in [0.4, 0.5) is 0 Å². The van der Waals surface area contributed by atoms with Crippen molar-refractivity contribution in [3.63, 3.8) is 0 Å². The van der Waals surface area contributed by atoms with Crippen molar-refractivity contribution in [2.24, 2.45) is 7.05 Å². The third-order valence-electron chi connectivity index (χ3n) is 2.97. The lowest BCUT2D eigenvalue weighted by Gasteiger charge is -2.08. The molecular weight excluding hydrogens is 344 g/mol. The second-order valence-electron chi connectivity index (χ2n) is 4.27. The number of nitrogens with zero attached hydrogens (tertiary/aromatic N) is 2. The van der Waals surface area contributed by atoms with Gasteiger partial charge in [-0.1, -0.05) is 34.5 Å². The van der Waals surface area contributed by atoms with Gasteiger partial charge in [0.25, 0.3) is 0 Å². The van der Waals surface area contributed by atoms with Gasteiger partial charge in [0.05, 0.1) is 16.4 Å². The average molecular weight is 358 g/mol. The van der Waals surface area contributed by atoms with Crippen LogP contribution in [0.15, 0.2) is 22.7 Å². The molecule has 4 nitrogen and oxygen atoms in total. The number of benzene rings is 1. The number of ether oxygens (including phenoxy) is 1. The van der Waals surface area contributed by atoms with E-state index in [1.807, 2.05) is 14.0 Å². The Balaban J connectivity index is 2.17. The second kappa shape index (κ2) is 6.41. The zero-order valence-electron chi connectivity index (χ0n) is 11.2. The minimum absolute atomic E-state index is 0.308. The van der Waals surface area contributed by atoms with Gasteiger partial charge in [0.15, 0.2) is 6.29 Å². The molecule has 0 radical (unpaired) electrons. The van der Waals surface area contributed by atoms with Crippen LogP contribution in [0, 0.1) is 0 Å². The number of aldehydes is 1. The summed E-state index contributed by atoms with van der Waals surface area (Å²) < 4.78 is 8.15. The minimum atomic E-state index is 0.308. The molecule has 0 amide bonds. The molecule has 0 N–H and O–H groups in total. The van der Waals surface area contributed by atoms with Gasteiger partial charge in [-0.2, -0.15) is 5.10 Å². The molecule has 20 heavy (non-hydrogen) atoms. The van der Waals surface area contributed by atoms with Crippen molar-refractivity contribution in [1.82, 2.24) is 9.78 Å². The Hall–Kier alpha value is -1.33. The molecule has 0 spiro atoms. The van der Waals surface area contributed by atoms with Gasteiger partial charge in [-0.15, -0.1) is 0 Å². The fourth-order valence-corrected chi connectivity index (χ4v) is 2.52. The van der Waals surface area contributed by atoms with Crippen molar-refractivity contribution in [3.05, 3.63) is 44.6 Å². The van der Waals surface area contributed by atoms with Crippen molar-refractivity contribution < 1.29 is 9.53 Å². The van der Waals surface area contributed by atoms with E-state index >= 15 is 0 Å². The Morgan fingerprint density at radius 3 is 2.85 bits per heavy atom. The maximum absolute atomic E-state index is 10.9. The van der Waals surface area contributed by atoms with E-state index in [4.69, 9.17) is 16.3 Å². The summed E-state index contributed by atoms with van der Waals surface area (Å²) in [6, 6.07) is 5.26. The van der Waals surface area contributed by atoms with Gasteiger partial charge in [-0.05, 0) is 24.6 Å². The van der Waals surface area contributed by atoms with E-state index in [-0.39, 0.29) is 0 Å². The molecule has 106 valence electrons. The first-order chi connectivity index (χ1) is 9.56. The Bertz CT molecular complexity index is 640. The highest BCUT2D eigenvalue weighted by Gasteiger charge is 2.13. The molecule has 0 aliphatic carbocycles. The molecular formula is C14H14BrClN2O2. The first-order valence-corrected chi connectivity index (χ1v) is 7.31. The predicted molar refractivity (Wildman–Crippen MR) is 81.5 cm³/mol. The lowest BCUT2D eigenvalue weighted by atomic mass is 10.2. The van der Waals surface area contributed by atoms with Crippen molar-refractivity contribution in [3.8, 4) is 5.75 Å². The highest BCUT2D eigenvalue weighted by molar-refractivity contribution is 9.10. The summed E-state index contributed by atoms with van der Waals surface area (Å²) in [7, 11) is 1.84. The molecule has 0 aliphatic heterocycles. The molecule has 0 saturated carbocycles. The minimum Gasteiger partial charge on any atom is -0.487 e. The van der Waals surface area contributed by atoms with Crippen molar-refractivity contribution in [1.29, 1.82) is 0 Å². The molecule has 1 aromatic heterocycles. The molecule has 0 atom stereocenters. The van der Waals surface area contributed by atoms with E-state index in [0.717, 1.165) is 28.6 Å². The average Bonchev–Trinajstić information content (AvgIpc) is 2.72. The first-order valence-electron chi connectivity index (χ1n) is 6.14. The summed E-state index contributed by atoms with van der Waals surface area (Å²) in [5.41, 5.74) is 2.23. The van der Waals surface area contributed by atoms with E-state index in [0.29, 0.717) is 22.9 Å². The second-order valence-corrected chi connectivity index (χ2v) is 5.51. The topological polar surface area (TPSA) is 44.1 Å². The van der Waals surface area contributed by atoms with Crippen LogP contribution in [0.5, 0.6) is 5.75 Å². The molecule has 0 unspecified atom stereocenters. The summed E-state index contributed by atoms with van der Waals surface area (Å²) >= 11 is 9.55. The Morgan fingerprint density at radius 1 is 1.50 bits per heavy atom. The molecule has 0 saturated heterocycles. The third-order valence-corrected chi connectivity index (χ3v) is 4.13.